The Morgan fingerprint density at radius 1 is 1.07 bits per heavy atom. The van der Waals surface area contributed by atoms with Crippen LogP contribution in [0.2, 0.25) is 0 Å². The van der Waals surface area contributed by atoms with Crippen LogP contribution in [0.25, 0.3) is 6.08 Å². The van der Waals surface area contributed by atoms with Crippen molar-refractivity contribution in [1.82, 2.24) is 5.32 Å². The summed E-state index contributed by atoms with van der Waals surface area (Å²) in [5.74, 6) is -0.184. The van der Waals surface area contributed by atoms with Crippen molar-refractivity contribution in [2.45, 2.75) is 0 Å². The molecule has 3 aromatic rings. The Morgan fingerprint density at radius 2 is 1.86 bits per heavy atom. The first-order valence-electron chi connectivity index (χ1n) is 8.32. The predicted octanol–water partition coefficient (Wildman–Crippen LogP) is 4.46. The molecule has 1 heterocycles. The predicted molar refractivity (Wildman–Crippen MR) is 110 cm³/mol. The first kappa shape index (κ1) is 19.4. The number of methoxy groups -OCH3 is 1. The first-order chi connectivity index (χ1) is 13.5. The molecule has 0 unspecified atom stereocenters. The van der Waals surface area contributed by atoms with E-state index in [1.54, 1.807) is 61.7 Å². The van der Waals surface area contributed by atoms with Crippen LogP contribution in [0.4, 0.5) is 5.69 Å². The molecule has 0 aliphatic carbocycles. The molecule has 0 aliphatic rings. The summed E-state index contributed by atoms with van der Waals surface area (Å²) in [5.41, 5.74) is 1.39. The SMILES string of the molecule is COc1ccc(/C=C(/NC(=O)c2ccco2)C(=O)Nc2cccc(Br)c2)cc1. The van der Waals surface area contributed by atoms with Crippen LogP contribution in [0, 0.1) is 0 Å². The van der Waals surface area contributed by atoms with Crippen LogP contribution in [0.1, 0.15) is 16.1 Å². The van der Waals surface area contributed by atoms with Crippen molar-refractivity contribution in [3.05, 3.63) is 88.4 Å². The van der Waals surface area contributed by atoms with E-state index in [-0.39, 0.29) is 11.5 Å². The Hall–Kier alpha value is -3.32. The summed E-state index contributed by atoms with van der Waals surface area (Å²) >= 11 is 3.36. The Morgan fingerprint density at radius 3 is 2.50 bits per heavy atom. The van der Waals surface area contributed by atoms with Gasteiger partial charge in [0.2, 0.25) is 0 Å². The molecule has 0 atom stereocenters. The van der Waals surface area contributed by atoms with E-state index in [4.69, 9.17) is 9.15 Å². The van der Waals surface area contributed by atoms with E-state index in [0.717, 1.165) is 10.0 Å². The lowest BCUT2D eigenvalue weighted by molar-refractivity contribution is -0.113. The molecule has 0 spiro atoms. The van der Waals surface area contributed by atoms with Crippen molar-refractivity contribution in [2.75, 3.05) is 12.4 Å². The molecule has 2 N–H and O–H groups in total. The molecule has 142 valence electrons. The van der Waals surface area contributed by atoms with E-state index in [1.165, 1.54) is 12.3 Å². The van der Waals surface area contributed by atoms with Crippen LogP contribution in [0.15, 0.2) is 81.5 Å². The third-order valence-electron chi connectivity index (χ3n) is 3.75. The van der Waals surface area contributed by atoms with E-state index in [1.807, 2.05) is 6.07 Å². The summed E-state index contributed by atoms with van der Waals surface area (Å²) in [5, 5.41) is 5.37. The van der Waals surface area contributed by atoms with Gasteiger partial charge in [0.25, 0.3) is 11.8 Å². The van der Waals surface area contributed by atoms with Crippen LogP contribution >= 0.6 is 15.9 Å². The Kier molecular flexibility index (Phi) is 6.29. The number of furan rings is 1. The third-order valence-corrected chi connectivity index (χ3v) is 4.24. The van der Waals surface area contributed by atoms with Gasteiger partial charge in [-0.2, -0.15) is 0 Å². The highest BCUT2D eigenvalue weighted by Crippen LogP contribution is 2.18. The van der Waals surface area contributed by atoms with Crippen LogP contribution < -0.4 is 15.4 Å². The lowest BCUT2D eigenvalue weighted by Gasteiger charge is -2.11. The van der Waals surface area contributed by atoms with Gasteiger partial charge in [0.15, 0.2) is 5.76 Å². The molecule has 28 heavy (non-hydrogen) atoms. The molecular weight excluding hydrogens is 424 g/mol. The van der Waals surface area contributed by atoms with Gasteiger partial charge >= 0.3 is 0 Å². The fourth-order valence-corrected chi connectivity index (χ4v) is 2.78. The maximum absolute atomic E-state index is 12.8. The molecule has 0 fully saturated rings. The normalized spacial score (nSPS) is 11.0. The van der Waals surface area contributed by atoms with Gasteiger partial charge in [0.1, 0.15) is 11.4 Å². The zero-order valence-electron chi connectivity index (χ0n) is 14.9. The van der Waals surface area contributed by atoms with Gasteiger partial charge in [-0.25, -0.2) is 0 Å². The van der Waals surface area contributed by atoms with Gasteiger partial charge in [0, 0.05) is 10.2 Å². The maximum atomic E-state index is 12.8. The summed E-state index contributed by atoms with van der Waals surface area (Å²) in [6.07, 6.45) is 2.97. The van der Waals surface area contributed by atoms with Gasteiger partial charge in [0.05, 0.1) is 13.4 Å². The molecule has 0 saturated carbocycles. The summed E-state index contributed by atoms with van der Waals surface area (Å²) in [4.78, 5) is 25.2. The summed E-state index contributed by atoms with van der Waals surface area (Å²) in [6.45, 7) is 0. The van der Waals surface area contributed by atoms with Gasteiger partial charge in [-0.05, 0) is 54.1 Å². The Bertz CT molecular complexity index is 996. The zero-order chi connectivity index (χ0) is 19.9. The number of ether oxygens (including phenoxy) is 1. The van der Waals surface area contributed by atoms with E-state index < -0.39 is 11.8 Å². The summed E-state index contributed by atoms with van der Waals surface area (Å²) in [7, 11) is 1.57. The van der Waals surface area contributed by atoms with Gasteiger partial charge < -0.3 is 19.8 Å². The van der Waals surface area contributed by atoms with Crippen molar-refractivity contribution in [1.29, 1.82) is 0 Å². The van der Waals surface area contributed by atoms with Crippen LogP contribution in [0.5, 0.6) is 5.75 Å². The second-order valence-corrected chi connectivity index (χ2v) is 6.64. The summed E-state index contributed by atoms with van der Waals surface area (Å²) < 4.78 is 11.1. The van der Waals surface area contributed by atoms with Crippen molar-refractivity contribution in [3.63, 3.8) is 0 Å². The standard InChI is InChI=1S/C21H17BrN2O4/c1-27-17-9-7-14(8-10-17)12-18(24-21(26)19-6-3-11-28-19)20(25)23-16-5-2-4-15(22)13-16/h2-13H,1H3,(H,23,25)(H,24,26)/b18-12+. The summed E-state index contributed by atoms with van der Waals surface area (Å²) in [6, 6.07) is 17.4. The number of halogens is 1. The highest BCUT2D eigenvalue weighted by atomic mass is 79.9. The van der Waals surface area contributed by atoms with Crippen molar-refractivity contribution in [2.24, 2.45) is 0 Å². The molecule has 0 saturated heterocycles. The molecule has 7 heteroatoms. The van der Waals surface area contributed by atoms with E-state index in [9.17, 15) is 9.59 Å². The number of hydrogen-bond donors (Lipinski definition) is 2. The number of carbonyl (C=O) groups excluding carboxylic acids is 2. The highest BCUT2D eigenvalue weighted by molar-refractivity contribution is 9.10. The Labute approximate surface area is 170 Å². The Balaban J connectivity index is 1.87. The van der Waals surface area contributed by atoms with Crippen molar-refractivity contribution >= 4 is 39.5 Å². The van der Waals surface area contributed by atoms with E-state index in [2.05, 4.69) is 26.6 Å². The van der Waals surface area contributed by atoms with Crippen molar-refractivity contribution in [3.8, 4) is 5.75 Å². The number of carbonyl (C=O) groups is 2. The highest BCUT2D eigenvalue weighted by Gasteiger charge is 2.16. The third kappa shape index (κ3) is 5.11. The molecule has 2 aromatic carbocycles. The van der Waals surface area contributed by atoms with E-state index in [0.29, 0.717) is 11.4 Å². The average molecular weight is 441 g/mol. The monoisotopic (exact) mass is 440 g/mol. The molecular formula is C21H17BrN2O4. The van der Waals surface area contributed by atoms with Crippen LogP contribution in [-0.4, -0.2) is 18.9 Å². The smallest absolute Gasteiger partial charge is 0.291 e. The minimum atomic E-state index is -0.519. The quantitative estimate of drug-likeness (QED) is 0.554. The number of benzene rings is 2. The minimum absolute atomic E-state index is 0.0755. The van der Waals surface area contributed by atoms with Crippen molar-refractivity contribution < 1.29 is 18.7 Å². The largest absolute Gasteiger partial charge is 0.497 e. The molecule has 0 radical (unpaired) electrons. The molecule has 3 rings (SSSR count). The molecule has 0 bridgehead atoms. The zero-order valence-corrected chi connectivity index (χ0v) is 16.5. The van der Waals surface area contributed by atoms with Gasteiger partial charge in [-0.3, -0.25) is 9.59 Å². The second kappa shape index (κ2) is 9.05. The fourth-order valence-electron chi connectivity index (χ4n) is 2.38. The molecule has 1 aromatic heterocycles. The minimum Gasteiger partial charge on any atom is -0.497 e. The van der Waals surface area contributed by atoms with Gasteiger partial charge in [-0.1, -0.05) is 34.1 Å². The lowest BCUT2D eigenvalue weighted by Crippen LogP contribution is -2.30. The lowest BCUT2D eigenvalue weighted by atomic mass is 10.1. The first-order valence-corrected chi connectivity index (χ1v) is 9.12. The number of nitrogens with one attached hydrogen (secondary N) is 2. The van der Waals surface area contributed by atoms with Crippen LogP contribution in [0.3, 0.4) is 0 Å². The van der Waals surface area contributed by atoms with E-state index >= 15 is 0 Å². The topological polar surface area (TPSA) is 80.6 Å². The maximum Gasteiger partial charge on any atom is 0.291 e. The fraction of sp³-hybridized carbons (Fsp3) is 0.0476. The molecule has 2 amide bonds. The number of hydrogen-bond acceptors (Lipinski definition) is 4. The van der Waals surface area contributed by atoms with Crippen LogP contribution in [-0.2, 0) is 4.79 Å². The number of amides is 2. The molecule has 0 aliphatic heterocycles. The average Bonchev–Trinajstić information content (AvgIpc) is 3.23. The second-order valence-electron chi connectivity index (χ2n) is 5.73. The van der Waals surface area contributed by atoms with Gasteiger partial charge in [-0.15, -0.1) is 0 Å². The number of anilines is 1. The molecule has 6 nitrogen and oxygen atoms in total. The number of rotatable bonds is 6.